The lowest BCUT2D eigenvalue weighted by molar-refractivity contribution is -0.138. The van der Waals surface area contributed by atoms with Gasteiger partial charge in [-0.2, -0.15) is 5.10 Å². The summed E-state index contributed by atoms with van der Waals surface area (Å²) < 4.78 is 1.84. The average Bonchev–Trinajstić information content (AvgIpc) is 2.86. The predicted octanol–water partition coefficient (Wildman–Crippen LogP) is 1.42. The Morgan fingerprint density at radius 3 is 3.06 bits per heavy atom. The van der Waals surface area contributed by atoms with Gasteiger partial charge in [0.25, 0.3) is 0 Å². The molecule has 0 saturated carbocycles. The first kappa shape index (κ1) is 13.1. The quantitative estimate of drug-likeness (QED) is 0.860. The van der Waals surface area contributed by atoms with Crippen LogP contribution < -0.4 is 0 Å². The van der Waals surface area contributed by atoms with Crippen LogP contribution in [0.15, 0.2) is 6.20 Å². The smallest absolute Gasteiger partial charge is 0.304 e. The molecule has 1 aromatic rings. The summed E-state index contributed by atoms with van der Waals surface area (Å²) in [7, 11) is 1.93. The zero-order valence-electron chi connectivity index (χ0n) is 11.1. The molecule has 0 aromatic carbocycles. The monoisotopic (exact) mass is 251 g/mol. The van der Waals surface area contributed by atoms with Crippen molar-refractivity contribution in [1.82, 2.24) is 14.7 Å². The second-order valence-electron chi connectivity index (χ2n) is 4.99. The van der Waals surface area contributed by atoms with Gasteiger partial charge in [-0.15, -0.1) is 0 Å². The Morgan fingerprint density at radius 2 is 2.39 bits per heavy atom. The summed E-state index contributed by atoms with van der Waals surface area (Å²) in [4.78, 5) is 13.1. The molecule has 1 atom stereocenters. The van der Waals surface area contributed by atoms with Crippen LogP contribution in [-0.2, 0) is 24.8 Å². The maximum absolute atomic E-state index is 10.8. The number of likely N-dealkylation sites (tertiary alicyclic amines) is 1. The lowest BCUT2D eigenvalue weighted by Crippen LogP contribution is -2.31. The number of carboxylic acid groups (broad SMARTS) is 1. The van der Waals surface area contributed by atoms with Crippen LogP contribution in [0.2, 0.25) is 0 Å². The SMILES string of the molecule is CCc1nn(C)cc1CN1CCCC1CC(=O)O. The van der Waals surface area contributed by atoms with Crippen molar-refractivity contribution >= 4 is 5.97 Å². The number of nitrogens with zero attached hydrogens (tertiary/aromatic N) is 3. The van der Waals surface area contributed by atoms with Gasteiger partial charge in [-0.1, -0.05) is 6.92 Å². The maximum Gasteiger partial charge on any atom is 0.304 e. The minimum absolute atomic E-state index is 0.187. The first-order valence-electron chi connectivity index (χ1n) is 6.57. The van der Waals surface area contributed by atoms with E-state index in [1.165, 1.54) is 5.56 Å². The van der Waals surface area contributed by atoms with Crippen LogP contribution >= 0.6 is 0 Å². The summed E-state index contributed by atoms with van der Waals surface area (Å²) in [5.74, 6) is -0.700. The summed E-state index contributed by atoms with van der Waals surface area (Å²) in [6, 6.07) is 0.187. The van der Waals surface area contributed by atoms with E-state index in [4.69, 9.17) is 5.11 Å². The van der Waals surface area contributed by atoms with E-state index in [1.807, 2.05) is 11.7 Å². The van der Waals surface area contributed by atoms with Crippen molar-refractivity contribution in [3.63, 3.8) is 0 Å². The van der Waals surface area contributed by atoms with Crippen LogP contribution in [0.5, 0.6) is 0 Å². The summed E-state index contributed by atoms with van der Waals surface area (Å²) in [5.41, 5.74) is 2.36. The molecule has 0 bridgehead atoms. The maximum atomic E-state index is 10.8. The number of carboxylic acids is 1. The van der Waals surface area contributed by atoms with E-state index in [2.05, 4.69) is 23.1 Å². The second-order valence-corrected chi connectivity index (χ2v) is 4.99. The van der Waals surface area contributed by atoms with Gasteiger partial charge in [0.2, 0.25) is 0 Å². The van der Waals surface area contributed by atoms with Gasteiger partial charge in [-0.25, -0.2) is 0 Å². The third-order valence-electron chi connectivity index (χ3n) is 3.61. The third-order valence-corrected chi connectivity index (χ3v) is 3.61. The van der Waals surface area contributed by atoms with Gasteiger partial charge in [0, 0.05) is 31.4 Å². The molecule has 18 heavy (non-hydrogen) atoms. The lowest BCUT2D eigenvalue weighted by atomic mass is 10.1. The Kier molecular flexibility index (Phi) is 4.01. The van der Waals surface area contributed by atoms with Crippen molar-refractivity contribution in [2.75, 3.05) is 6.54 Å². The zero-order valence-corrected chi connectivity index (χ0v) is 11.1. The molecule has 5 heteroatoms. The Bertz CT molecular complexity index is 428. The number of aryl methyl sites for hydroxylation is 2. The summed E-state index contributed by atoms with van der Waals surface area (Å²) in [6.07, 6.45) is 5.32. The van der Waals surface area contributed by atoms with Crippen molar-refractivity contribution in [3.8, 4) is 0 Å². The number of hydrogen-bond donors (Lipinski definition) is 1. The molecule has 2 rings (SSSR count). The van der Waals surface area contributed by atoms with E-state index in [-0.39, 0.29) is 12.5 Å². The molecule has 0 radical (unpaired) electrons. The van der Waals surface area contributed by atoms with E-state index in [0.29, 0.717) is 0 Å². The number of carbonyl (C=O) groups is 1. The highest BCUT2D eigenvalue weighted by Crippen LogP contribution is 2.23. The Morgan fingerprint density at radius 1 is 1.61 bits per heavy atom. The number of aliphatic carboxylic acids is 1. The van der Waals surface area contributed by atoms with Crippen molar-refractivity contribution in [3.05, 3.63) is 17.5 Å². The minimum Gasteiger partial charge on any atom is -0.481 e. The van der Waals surface area contributed by atoms with Crippen LogP contribution in [0, 0.1) is 0 Å². The molecule has 0 amide bonds. The molecule has 1 saturated heterocycles. The molecule has 1 fully saturated rings. The van der Waals surface area contributed by atoms with Crippen molar-refractivity contribution in [2.45, 2.75) is 45.2 Å². The van der Waals surface area contributed by atoms with Crippen LogP contribution in [0.25, 0.3) is 0 Å². The fraction of sp³-hybridized carbons (Fsp3) is 0.692. The Labute approximate surface area is 107 Å². The molecule has 1 aliphatic heterocycles. The minimum atomic E-state index is -0.700. The third kappa shape index (κ3) is 2.90. The van der Waals surface area contributed by atoms with Gasteiger partial charge in [0.05, 0.1) is 12.1 Å². The Balaban J connectivity index is 2.05. The molecule has 1 aromatic heterocycles. The number of hydrogen-bond acceptors (Lipinski definition) is 3. The molecular formula is C13H21N3O2. The van der Waals surface area contributed by atoms with Gasteiger partial charge < -0.3 is 5.11 Å². The fourth-order valence-corrected chi connectivity index (χ4v) is 2.77. The van der Waals surface area contributed by atoms with E-state index in [0.717, 1.165) is 38.0 Å². The number of rotatable bonds is 5. The standard InChI is InChI=1S/C13H21N3O2/c1-3-12-10(8-15(2)14-12)9-16-6-4-5-11(16)7-13(17)18/h8,11H,3-7,9H2,1-2H3,(H,17,18). The highest BCUT2D eigenvalue weighted by Gasteiger charge is 2.27. The molecular weight excluding hydrogens is 230 g/mol. The van der Waals surface area contributed by atoms with Crippen molar-refractivity contribution in [1.29, 1.82) is 0 Å². The lowest BCUT2D eigenvalue weighted by Gasteiger charge is -2.22. The van der Waals surface area contributed by atoms with Gasteiger partial charge in [0.15, 0.2) is 0 Å². The molecule has 100 valence electrons. The van der Waals surface area contributed by atoms with Gasteiger partial charge in [0.1, 0.15) is 0 Å². The number of aromatic nitrogens is 2. The fourth-order valence-electron chi connectivity index (χ4n) is 2.77. The molecule has 0 aliphatic carbocycles. The van der Waals surface area contributed by atoms with Crippen LogP contribution in [-0.4, -0.2) is 38.3 Å². The van der Waals surface area contributed by atoms with Crippen molar-refractivity contribution in [2.24, 2.45) is 7.05 Å². The summed E-state index contributed by atoms with van der Waals surface area (Å²) >= 11 is 0. The summed E-state index contributed by atoms with van der Waals surface area (Å²) in [5, 5.41) is 13.4. The van der Waals surface area contributed by atoms with Gasteiger partial charge in [-0.05, 0) is 25.8 Å². The largest absolute Gasteiger partial charge is 0.481 e. The highest BCUT2D eigenvalue weighted by molar-refractivity contribution is 5.67. The molecule has 0 spiro atoms. The van der Waals surface area contributed by atoms with E-state index < -0.39 is 5.97 Å². The average molecular weight is 251 g/mol. The van der Waals surface area contributed by atoms with E-state index in [9.17, 15) is 4.79 Å². The van der Waals surface area contributed by atoms with Crippen molar-refractivity contribution < 1.29 is 9.90 Å². The first-order valence-corrected chi connectivity index (χ1v) is 6.57. The molecule has 5 nitrogen and oxygen atoms in total. The molecule has 1 N–H and O–H groups in total. The predicted molar refractivity (Wildman–Crippen MR) is 68.3 cm³/mol. The Hall–Kier alpha value is -1.36. The first-order chi connectivity index (χ1) is 8.60. The van der Waals surface area contributed by atoms with E-state index in [1.54, 1.807) is 0 Å². The van der Waals surface area contributed by atoms with Crippen LogP contribution in [0.1, 0.15) is 37.4 Å². The summed E-state index contributed by atoms with van der Waals surface area (Å²) in [6.45, 7) is 3.93. The van der Waals surface area contributed by atoms with Gasteiger partial charge >= 0.3 is 5.97 Å². The van der Waals surface area contributed by atoms with Crippen LogP contribution in [0.3, 0.4) is 0 Å². The molecule has 1 unspecified atom stereocenters. The molecule has 2 heterocycles. The molecule has 1 aliphatic rings. The van der Waals surface area contributed by atoms with Gasteiger partial charge in [-0.3, -0.25) is 14.4 Å². The highest BCUT2D eigenvalue weighted by atomic mass is 16.4. The normalized spacial score (nSPS) is 20.4. The topological polar surface area (TPSA) is 58.4 Å². The zero-order chi connectivity index (χ0) is 13.1. The second kappa shape index (κ2) is 5.52. The van der Waals surface area contributed by atoms with Crippen LogP contribution in [0.4, 0.5) is 0 Å². The van der Waals surface area contributed by atoms with E-state index >= 15 is 0 Å².